The molecule has 0 fully saturated rings. The maximum Gasteiger partial charge on any atom is 0.333 e. The Balaban J connectivity index is 2.52. The van der Waals surface area contributed by atoms with Crippen LogP contribution >= 0.6 is 0 Å². The minimum atomic E-state index is -1.22. The minimum Gasteiger partial charge on any atom is -0.479 e. The Morgan fingerprint density at radius 3 is 2.82 bits per heavy atom. The van der Waals surface area contributed by atoms with E-state index in [1.54, 1.807) is 6.08 Å². The molecule has 1 rings (SSSR count). The second kappa shape index (κ2) is 3.53. The number of carbonyl (C=O) groups is 1. The highest BCUT2D eigenvalue weighted by Crippen LogP contribution is 2.20. The van der Waals surface area contributed by atoms with Gasteiger partial charge in [-0.1, -0.05) is 12.2 Å². The van der Waals surface area contributed by atoms with E-state index < -0.39 is 12.1 Å². The molecule has 0 radical (unpaired) electrons. The van der Waals surface area contributed by atoms with E-state index in [4.69, 9.17) is 10.2 Å². The number of rotatable bonds is 2. The van der Waals surface area contributed by atoms with Crippen molar-refractivity contribution in [3.63, 3.8) is 0 Å². The largest absolute Gasteiger partial charge is 0.479 e. The SMILES string of the molecule is O=C(O)C(O)C1C=CCCC1. The molecule has 2 N–H and O–H groups in total. The average molecular weight is 156 g/mol. The highest BCUT2D eigenvalue weighted by Gasteiger charge is 2.23. The van der Waals surface area contributed by atoms with Crippen LogP contribution in [0, 0.1) is 5.92 Å². The summed E-state index contributed by atoms with van der Waals surface area (Å²) in [6.45, 7) is 0. The first-order chi connectivity index (χ1) is 5.22. The van der Waals surface area contributed by atoms with Crippen LogP contribution in [0.4, 0.5) is 0 Å². The molecule has 0 aromatic rings. The van der Waals surface area contributed by atoms with Gasteiger partial charge in [0.15, 0.2) is 6.10 Å². The van der Waals surface area contributed by atoms with Crippen LogP contribution in [0.25, 0.3) is 0 Å². The van der Waals surface area contributed by atoms with E-state index in [-0.39, 0.29) is 5.92 Å². The van der Waals surface area contributed by atoms with Crippen LogP contribution in [0.5, 0.6) is 0 Å². The lowest BCUT2D eigenvalue weighted by Crippen LogP contribution is -2.28. The summed E-state index contributed by atoms with van der Waals surface area (Å²) in [6, 6.07) is 0. The molecule has 0 aromatic heterocycles. The van der Waals surface area contributed by atoms with Crippen molar-refractivity contribution in [2.24, 2.45) is 5.92 Å². The number of hydrogen-bond donors (Lipinski definition) is 2. The van der Waals surface area contributed by atoms with E-state index in [1.807, 2.05) is 6.08 Å². The van der Waals surface area contributed by atoms with Gasteiger partial charge in [-0.05, 0) is 19.3 Å². The summed E-state index contributed by atoms with van der Waals surface area (Å²) in [7, 11) is 0. The number of allylic oxidation sites excluding steroid dienone is 1. The Hall–Kier alpha value is -0.830. The molecule has 3 nitrogen and oxygen atoms in total. The van der Waals surface area contributed by atoms with Crippen LogP contribution in [-0.4, -0.2) is 22.3 Å². The van der Waals surface area contributed by atoms with Crippen molar-refractivity contribution < 1.29 is 15.0 Å². The van der Waals surface area contributed by atoms with Crippen molar-refractivity contribution >= 4 is 5.97 Å². The lowest BCUT2D eigenvalue weighted by molar-refractivity contribution is -0.148. The molecule has 0 heterocycles. The third-order valence-corrected chi connectivity index (χ3v) is 1.95. The lowest BCUT2D eigenvalue weighted by Gasteiger charge is -2.18. The van der Waals surface area contributed by atoms with Gasteiger partial charge >= 0.3 is 5.97 Å². The van der Waals surface area contributed by atoms with Crippen LogP contribution in [0.3, 0.4) is 0 Å². The van der Waals surface area contributed by atoms with Crippen LogP contribution in [0.15, 0.2) is 12.2 Å². The summed E-state index contributed by atoms with van der Waals surface area (Å²) in [5.74, 6) is -1.30. The fraction of sp³-hybridized carbons (Fsp3) is 0.625. The van der Waals surface area contributed by atoms with Gasteiger partial charge in [0.25, 0.3) is 0 Å². The van der Waals surface area contributed by atoms with Crippen molar-refractivity contribution in [3.8, 4) is 0 Å². The molecule has 62 valence electrons. The molecule has 2 unspecified atom stereocenters. The molecule has 11 heavy (non-hydrogen) atoms. The van der Waals surface area contributed by atoms with Gasteiger partial charge in [0, 0.05) is 5.92 Å². The predicted molar refractivity (Wildman–Crippen MR) is 40.1 cm³/mol. The molecule has 3 heteroatoms. The number of aliphatic carboxylic acids is 1. The van der Waals surface area contributed by atoms with Gasteiger partial charge in [-0.25, -0.2) is 4.79 Å². The van der Waals surface area contributed by atoms with E-state index in [1.165, 1.54) is 0 Å². The lowest BCUT2D eigenvalue weighted by atomic mass is 9.91. The highest BCUT2D eigenvalue weighted by atomic mass is 16.4. The second-order valence-corrected chi connectivity index (χ2v) is 2.81. The van der Waals surface area contributed by atoms with Crippen LogP contribution < -0.4 is 0 Å². The van der Waals surface area contributed by atoms with Crippen molar-refractivity contribution in [2.75, 3.05) is 0 Å². The molecular formula is C8H12O3. The Labute approximate surface area is 65.3 Å². The van der Waals surface area contributed by atoms with Crippen LogP contribution in [-0.2, 0) is 4.79 Å². The molecule has 0 aliphatic heterocycles. The summed E-state index contributed by atoms with van der Waals surface area (Å²) >= 11 is 0. The zero-order valence-corrected chi connectivity index (χ0v) is 6.23. The molecule has 0 spiro atoms. The smallest absolute Gasteiger partial charge is 0.333 e. The van der Waals surface area contributed by atoms with Gasteiger partial charge in [-0.15, -0.1) is 0 Å². The normalized spacial score (nSPS) is 26.5. The maximum absolute atomic E-state index is 10.3. The first-order valence-electron chi connectivity index (χ1n) is 3.79. The zero-order valence-electron chi connectivity index (χ0n) is 6.23. The van der Waals surface area contributed by atoms with Crippen molar-refractivity contribution in [1.82, 2.24) is 0 Å². The van der Waals surface area contributed by atoms with E-state index in [0.717, 1.165) is 19.3 Å². The molecule has 0 bridgehead atoms. The monoisotopic (exact) mass is 156 g/mol. The van der Waals surface area contributed by atoms with Crippen LogP contribution in [0.1, 0.15) is 19.3 Å². The summed E-state index contributed by atoms with van der Waals surface area (Å²) in [5, 5.41) is 17.6. The Bertz CT molecular complexity index is 174. The molecule has 2 atom stereocenters. The molecule has 0 amide bonds. The van der Waals surface area contributed by atoms with E-state index in [2.05, 4.69) is 0 Å². The van der Waals surface area contributed by atoms with Gasteiger partial charge in [0.2, 0.25) is 0 Å². The zero-order chi connectivity index (χ0) is 8.27. The Morgan fingerprint density at radius 2 is 2.36 bits per heavy atom. The van der Waals surface area contributed by atoms with Gasteiger partial charge < -0.3 is 10.2 Å². The fourth-order valence-electron chi connectivity index (χ4n) is 1.28. The van der Waals surface area contributed by atoms with E-state index in [0.29, 0.717) is 0 Å². The first kappa shape index (κ1) is 8.27. The predicted octanol–water partition coefficient (Wildman–Crippen LogP) is 0.788. The number of hydrogen-bond acceptors (Lipinski definition) is 2. The van der Waals surface area contributed by atoms with E-state index >= 15 is 0 Å². The summed E-state index contributed by atoms with van der Waals surface area (Å²) in [4.78, 5) is 10.3. The number of aliphatic hydroxyl groups is 1. The Morgan fingerprint density at radius 1 is 1.64 bits per heavy atom. The molecule has 0 aromatic carbocycles. The summed E-state index contributed by atoms with van der Waals surface area (Å²) in [5.41, 5.74) is 0. The number of carboxylic acids is 1. The Kier molecular flexibility index (Phi) is 2.65. The fourth-order valence-corrected chi connectivity index (χ4v) is 1.28. The first-order valence-corrected chi connectivity index (χ1v) is 3.79. The number of aliphatic hydroxyl groups excluding tert-OH is 1. The quantitative estimate of drug-likeness (QED) is 0.581. The minimum absolute atomic E-state index is 0.179. The third-order valence-electron chi connectivity index (χ3n) is 1.95. The van der Waals surface area contributed by atoms with Gasteiger partial charge in [-0.3, -0.25) is 0 Å². The molecular weight excluding hydrogens is 144 g/mol. The van der Waals surface area contributed by atoms with E-state index in [9.17, 15) is 4.79 Å². The highest BCUT2D eigenvalue weighted by molar-refractivity contribution is 5.72. The molecule has 0 saturated heterocycles. The molecule has 1 aliphatic rings. The molecule has 1 aliphatic carbocycles. The van der Waals surface area contributed by atoms with Crippen molar-refractivity contribution in [2.45, 2.75) is 25.4 Å². The van der Waals surface area contributed by atoms with Gasteiger partial charge in [-0.2, -0.15) is 0 Å². The molecule has 0 saturated carbocycles. The summed E-state index contributed by atoms with van der Waals surface area (Å²) in [6.07, 6.45) is 5.27. The topological polar surface area (TPSA) is 57.5 Å². The van der Waals surface area contributed by atoms with Crippen molar-refractivity contribution in [1.29, 1.82) is 0 Å². The maximum atomic E-state index is 10.3. The standard InChI is InChI=1S/C8H12O3/c9-7(8(10)11)6-4-2-1-3-5-6/h2,4,6-7,9H,1,3,5H2,(H,10,11). The van der Waals surface area contributed by atoms with Gasteiger partial charge in [0.1, 0.15) is 0 Å². The second-order valence-electron chi connectivity index (χ2n) is 2.81. The van der Waals surface area contributed by atoms with Crippen LogP contribution in [0.2, 0.25) is 0 Å². The third kappa shape index (κ3) is 2.05. The average Bonchev–Trinajstić information content (AvgIpc) is 2.05. The van der Waals surface area contributed by atoms with Crippen molar-refractivity contribution in [3.05, 3.63) is 12.2 Å². The van der Waals surface area contributed by atoms with Gasteiger partial charge in [0.05, 0.1) is 0 Å². The summed E-state index contributed by atoms with van der Waals surface area (Å²) < 4.78 is 0. The number of carboxylic acid groups (broad SMARTS) is 1.